The second kappa shape index (κ2) is 7.50. The maximum absolute atomic E-state index is 13.2. The zero-order chi connectivity index (χ0) is 19.8. The lowest BCUT2D eigenvalue weighted by molar-refractivity contribution is 0.0728. The van der Waals surface area contributed by atoms with Gasteiger partial charge in [0.05, 0.1) is 22.6 Å². The van der Waals surface area contributed by atoms with Gasteiger partial charge in [-0.15, -0.1) is 0 Å². The number of ether oxygens (including phenoxy) is 1. The first kappa shape index (κ1) is 18.2. The number of rotatable bonds is 4. The number of benzene rings is 1. The molecule has 1 saturated carbocycles. The fraction of sp³-hybridized carbons (Fsp3) is 0.435. The molecule has 1 atom stereocenters. The number of pyridine rings is 1. The second-order valence-electron chi connectivity index (χ2n) is 8.08. The van der Waals surface area contributed by atoms with Crippen LogP contribution in [0.25, 0.3) is 11.0 Å². The molecule has 29 heavy (non-hydrogen) atoms. The Hall–Kier alpha value is -2.89. The molecule has 6 heteroatoms. The van der Waals surface area contributed by atoms with Crippen LogP contribution in [0.5, 0.6) is 5.88 Å². The monoisotopic (exact) mass is 390 g/mol. The molecule has 1 unspecified atom stereocenters. The van der Waals surface area contributed by atoms with Crippen molar-refractivity contribution < 1.29 is 9.53 Å². The van der Waals surface area contributed by atoms with Crippen LogP contribution in [0.1, 0.15) is 60.7 Å². The van der Waals surface area contributed by atoms with Crippen LogP contribution in [-0.4, -0.2) is 38.0 Å². The molecule has 0 radical (unpaired) electrons. The lowest BCUT2D eigenvalue weighted by Crippen LogP contribution is -2.32. The summed E-state index contributed by atoms with van der Waals surface area (Å²) in [5, 5.41) is 0. The number of hydrogen-bond donors (Lipinski definition) is 0. The third-order valence-corrected chi connectivity index (χ3v) is 6.21. The van der Waals surface area contributed by atoms with E-state index in [9.17, 15) is 4.79 Å². The highest BCUT2D eigenvalue weighted by Gasteiger charge is 2.34. The van der Waals surface area contributed by atoms with Gasteiger partial charge in [-0.3, -0.25) is 4.79 Å². The molecule has 3 heterocycles. The summed E-state index contributed by atoms with van der Waals surface area (Å²) in [5.41, 5.74) is 2.67. The highest BCUT2D eigenvalue weighted by molar-refractivity contribution is 5.94. The maximum atomic E-state index is 13.2. The van der Waals surface area contributed by atoms with Crippen LogP contribution in [0.4, 0.5) is 0 Å². The Labute approximate surface area is 170 Å². The van der Waals surface area contributed by atoms with Crippen molar-refractivity contribution >= 4 is 16.9 Å². The number of likely N-dealkylation sites (tertiary alicyclic amines) is 1. The first-order chi connectivity index (χ1) is 14.2. The third kappa shape index (κ3) is 3.37. The van der Waals surface area contributed by atoms with Crippen LogP contribution in [-0.2, 0) is 7.05 Å². The van der Waals surface area contributed by atoms with Gasteiger partial charge in [-0.05, 0) is 56.7 Å². The third-order valence-electron chi connectivity index (χ3n) is 6.21. The van der Waals surface area contributed by atoms with Gasteiger partial charge in [0.25, 0.3) is 5.91 Å². The van der Waals surface area contributed by atoms with Crippen molar-refractivity contribution in [2.45, 2.75) is 50.7 Å². The summed E-state index contributed by atoms with van der Waals surface area (Å²) in [6.07, 6.45) is 8.46. The van der Waals surface area contributed by atoms with E-state index in [0.29, 0.717) is 11.4 Å². The SMILES string of the molecule is Cn1c(C2CCCN2C(=O)c2ccc(OC3CCCC3)nc2)nc2ccccc21. The van der Waals surface area contributed by atoms with Crippen LogP contribution in [0.15, 0.2) is 42.6 Å². The number of aromatic nitrogens is 3. The Kier molecular flexibility index (Phi) is 4.70. The predicted molar refractivity (Wildman–Crippen MR) is 111 cm³/mol. The van der Waals surface area contributed by atoms with Crippen molar-refractivity contribution in [2.75, 3.05) is 6.54 Å². The van der Waals surface area contributed by atoms with Gasteiger partial charge in [0.1, 0.15) is 11.9 Å². The molecule has 3 aromatic rings. The largest absolute Gasteiger partial charge is 0.474 e. The van der Waals surface area contributed by atoms with Gasteiger partial charge in [-0.2, -0.15) is 0 Å². The fourth-order valence-corrected chi connectivity index (χ4v) is 4.66. The van der Waals surface area contributed by atoms with E-state index in [0.717, 1.165) is 49.1 Å². The summed E-state index contributed by atoms with van der Waals surface area (Å²) in [4.78, 5) is 24.4. The molecule has 1 saturated heterocycles. The van der Waals surface area contributed by atoms with E-state index in [1.165, 1.54) is 12.8 Å². The molecular formula is C23H26N4O2. The average Bonchev–Trinajstić information content (AvgIpc) is 3.49. The Morgan fingerprint density at radius 3 is 2.66 bits per heavy atom. The Morgan fingerprint density at radius 2 is 1.90 bits per heavy atom. The van der Waals surface area contributed by atoms with Crippen molar-refractivity contribution in [3.63, 3.8) is 0 Å². The topological polar surface area (TPSA) is 60.2 Å². The lowest BCUT2D eigenvalue weighted by atomic mass is 10.2. The molecule has 150 valence electrons. The van der Waals surface area contributed by atoms with E-state index in [2.05, 4.69) is 15.6 Å². The summed E-state index contributed by atoms with van der Waals surface area (Å²) >= 11 is 0. The van der Waals surface area contributed by atoms with Gasteiger partial charge in [0, 0.05) is 25.9 Å². The Bertz CT molecular complexity index is 1020. The highest BCUT2D eigenvalue weighted by Crippen LogP contribution is 2.34. The number of nitrogens with zero attached hydrogens (tertiary/aromatic N) is 4. The molecule has 1 aliphatic heterocycles. The van der Waals surface area contributed by atoms with Gasteiger partial charge >= 0.3 is 0 Å². The standard InChI is InChI=1S/C23H26N4O2/c1-26-19-10-5-4-9-18(19)25-22(26)20-11-6-14-27(20)23(28)16-12-13-21(24-15-16)29-17-7-2-3-8-17/h4-5,9-10,12-13,15,17,20H,2-3,6-8,11,14H2,1H3. The summed E-state index contributed by atoms with van der Waals surface area (Å²) in [7, 11) is 2.03. The smallest absolute Gasteiger partial charge is 0.256 e. The van der Waals surface area contributed by atoms with Crippen molar-refractivity contribution in [1.82, 2.24) is 19.4 Å². The van der Waals surface area contributed by atoms with Crippen LogP contribution in [0.3, 0.4) is 0 Å². The molecule has 0 spiro atoms. The molecular weight excluding hydrogens is 364 g/mol. The van der Waals surface area contributed by atoms with Gasteiger partial charge in [0.15, 0.2) is 0 Å². The lowest BCUT2D eigenvalue weighted by Gasteiger charge is -2.24. The van der Waals surface area contributed by atoms with Crippen molar-refractivity contribution in [3.8, 4) is 5.88 Å². The summed E-state index contributed by atoms with van der Waals surface area (Å²) < 4.78 is 8.04. The number of para-hydroxylation sites is 2. The molecule has 2 aliphatic rings. The second-order valence-corrected chi connectivity index (χ2v) is 8.08. The fourth-order valence-electron chi connectivity index (χ4n) is 4.66. The zero-order valence-electron chi connectivity index (χ0n) is 16.8. The van der Waals surface area contributed by atoms with E-state index in [4.69, 9.17) is 9.72 Å². The number of carbonyl (C=O) groups excluding carboxylic acids is 1. The molecule has 5 rings (SSSR count). The van der Waals surface area contributed by atoms with Gasteiger partial charge < -0.3 is 14.2 Å². The molecule has 6 nitrogen and oxygen atoms in total. The van der Waals surface area contributed by atoms with Crippen molar-refractivity contribution in [3.05, 3.63) is 54.0 Å². The highest BCUT2D eigenvalue weighted by atomic mass is 16.5. The van der Waals surface area contributed by atoms with Gasteiger partial charge in [-0.1, -0.05) is 12.1 Å². The number of fused-ring (bicyclic) bond motifs is 1. The van der Waals surface area contributed by atoms with Crippen LogP contribution < -0.4 is 4.74 Å². The molecule has 1 aliphatic carbocycles. The normalized spacial score (nSPS) is 19.9. The van der Waals surface area contributed by atoms with Crippen molar-refractivity contribution in [2.24, 2.45) is 7.05 Å². The van der Waals surface area contributed by atoms with E-state index < -0.39 is 0 Å². The Balaban J connectivity index is 1.36. The average molecular weight is 390 g/mol. The number of imidazole rings is 1. The maximum Gasteiger partial charge on any atom is 0.256 e. The van der Waals surface area contributed by atoms with Crippen LogP contribution in [0, 0.1) is 0 Å². The van der Waals surface area contributed by atoms with Crippen molar-refractivity contribution in [1.29, 1.82) is 0 Å². The van der Waals surface area contributed by atoms with E-state index in [1.54, 1.807) is 6.20 Å². The number of carbonyl (C=O) groups is 1. The zero-order valence-corrected chi connectivity index (χ0v) is 16.8. The van der Waals surface area contributed by atoms with E-state index >= 15 is 0 Å². The van der Waals surface area contributed by atoms with Crippen LogP contribution >= 0.6 is 0 Å². The van der Waals surface area contributed by atoms with Gasteiger partial charge in [0.2, 0.25) is 5.88 Å². The first-order valence-electron chi connectivity index (χ1n) is 10.6. The summed E-state index contributed by atoms with van der Waals surface area (Å²) in [5.74, 6) is 1.58. The minimum absolute atomic E-state index is 0.00526. The Morgan fingerprint density at radius 1 is 1.07 bits per heavy atom. The number of amides is 1. The molecule has 0 bridgehead atoms. The minimum atomic E-state index is -0.00526. The summed E-state index contributed by atoms with van der Waals surface area (Å²) in [6.45, 7) is 0.743. The van der Waals surface area contributed by atoms with Gasteiger partial charge in [-0.25, -0.2) is 9.97 Å². The van der Waals surface area contributed by atoms with E-state index in [1.807, 2.05) is 42.3 Å². The quantitative estimate of drug-likeness (QED) is 0.668. The number of aryl methyl sites for hydroxylation is 1. The van der Waals surface area contributed by atoms with Crippen LogP contribution in [0.2, 0.25) is 0 Å². The summed E-state index contributed by atoms with van der Waals surface area (Å²) in [6, 6.07) is 11.8. The molecule has 2 fully saturated rings. The first-order valence-corrected chi connectivity index (χ1v) is 10.6. The molecule has 0 N–H and O–H groups in total. The minimum Gasteiger partial charge on any atom is -0.474 e. The number of hydrogen-bond acceptors (Lipinski definition) is 4. The van der Waals surface area contributed by atoms with E-state index in [-0.39, 0.29) is 18.1 Å². The molecule has 1 amide bonds. The molecule has 1 aromatic carbocycles. The predicted octanol–water partition coefficient (Wildman–Crippen LogP) is 4.27. The molecule has 2 aromatic heterocycles.